The van der Waals surface area contributed by atoms with E-state index in [-0.39, 0.29) is 5.91 Å². The van der Waals surface area contributed by atoms with Gasteiger partial charge in [0, 0.05) is 25.4 Å². The number of pyridine rings is 1. The first kappa shape index (κ1) is 16.9. The van der Waals surface area contributed by atoms with Crippen molar-refractivity contribution in [1.29, 1.82) is 5.26 Å². The first-order valence-corrected chi connectivity index (χ1v) is 8.80. The van der Waals surface area contributed by atoms with Crippen LogP contribution in [0.1, 0.15) is 28.9 Å². The zero-order chi connectivity index (χ0) is 17.5. The van der Waals surface area contributed by atoms with E-state index in [0.717, 1.165) is 30.0 Å². The number of unbranched alkanes of at least 4 members (excludes halogenated alkanes) is 2. The molecule has 0 aliphatic carbocycles. The van der Waals surface area contributed by atoms with Crippen molar-refractivity contribution in [2.75, 3.05) is 5.32 Å². The number of amides is 1. The molecule has 0 aromatic carbocycles. The Labute approximate surface area is 149 Å². The summed E-state index contributed by atoms with van der Waals surface area (Å²) in [6.45, 7) is 0.736. The minimum Gasteiger partial charge on any atom is -0.319 e. The highest BCUT2D eigenvalue weighted by atomic mass is 32.1. The van der Waals surface area contributed by atoms with Crippen LogP contribution in [0.2, 0.25) is 0 Å². The Balaban J connectivity index is 1.59. The molecule has 1 N–H and O–H groups in total. The highest BCUT2D eigenvalue weighted by Crippen LogP contribution is 2.26. The van der Waals surface area contributed by atoms with E-state index in [1.807, 2.05) is 24.3 Å². The smallest absolute Gasteiger partial charge is 0.265 e. The normalized spacial score (nSPS) is 10.4. The number of rotatable bonds is 7. The third-order valence-corrected chi connectivity index (χ3v) is 4.67. The van der Waals surface area contributed by atoms with Gasteiger partial charge in [0.25, 0.3) is 5.91 Å². The van der Waals surface area contributed by atoms with Gasteiger partial charge in [-0.25, -0.2) is 0 Å². The Morgan fingerprint density at radius 3 is 3.00 bits per heavy atom. The standard InChI is InChI=1S/C18H17N5OS/c19-9-3-1-5-11-23-13-14(12-21-23)22-18(24)17-8-7-16(25-17)15-6-2-4-10-20-15/h2,4,6-8,10,12-13H,1,3,5,11H2,(H,22,24). The van der Waals surface area contributed by atoms with Crippen LogP contribution in [0, 0.1) is 11.3 Å². The van der Waals surface area contributed by atoms with E-state index in [9.17, 15) is 4.79 Å². The highest BCUT2D eigenvalue weighted by Gasteiger charge is 2.12. The summed E-state index contributed by atoms with van der Waals surface area (Å²) in [7, 11) is 0. The number of nitrogens with one attached hydrogen (secondary N) is 1. The molecule has 0 atom stereocenters. The SMILES string of the molecule is N#CCCCCn1cc(NC(=O)c2ccc(-c3ccccn3)s2)cn1. The maximum Gasteiger partial charge on any atom is 0.265 e. The lowest BCUT2D eigenvalue weighted by Crippen LogP contribution is -2.09. The molecule has 0 radical (unpaired) electrons. The van der Waals surface area contributed by atoms with Crippen LogP contribution in [0.3, 0.4) is 0 Å². The number of anilines is 1. The number of aromatic nitrogens is 3. The van der Waals surface area contributed by atoms with Crippen LogP contribution in [-0.4, -0.2) is 20.7 Å². The lowest BCUT2D eigenvalue weighted by molar-refractivity contribution is 0.103. The summed E-state index contributed by atoms with van der Waals surface area (Å²) in [4.78, 5) is 18.3. The molecule has 0 bridgehead atoms. The van der Waals surface area contributed by atoms with Gasteiger partial charge in [0.1, 0.15) is 0 Å². The lowest BCUT2D eigenvalue weighted by atomic mass is 10.2. The fourth-order valence-corrected chi connectivity index (χ4v) is 3.21. The summed E-state index contributed by atoms with van der Waals surface area (Å²) in [6.07, 6.45) is 7.47. The first-order chi connectivity index (χ1) is 12.3. The Bertz CT molecular complexity index is 878. The van der Waals surface area contributed by atoms with E-state index in [1.54, 1.807) is 29.3 Å². The van der Waals surface area contributed by atoms with E-state index >= 15 is 0 Å². The van der Waals surface area contributed by atoms with Gasteiger partial charge < -0.3 is 5.32 Å². The van der Waals surface area contributed by atoms with Gasteiger partial charge in [-0.2, -0.15) is 10.4 Å². The first-order valence-electron chi connectivity index (χ1n) is 7.98. The molecular weight excluding hydrogens is 334 g/mol. The Hall–Kier alpha value is -2.98. The van der Waals surface area contributed by atoms with Crippen LogP contribution in [0.5, 0.6) is 0 Å². The number of thiophene rings is 1. The van der Waals surface area contributed by atoms with Gasteiger partial charge in [-0.05, 0) is 37.1 Å². The third kappa shape index (κ3) is 4.52. The zero-order valence-electron chi connectivity index (χ0n) is 13.6. The average molecular weight is 351 g/mol. The van der Waals surface area contributed by atoms with Crippen LogP contribution in [-0.2, 0) is 6.54 Å². The topological polar surface area (TPSA) is 83.6 Å². The predicted octanol–water partition coefficient (Wildman–Crippen LogP) is 3.95. The van der Waals surface area contributed by atoms with Gasteiger partial charge in [-0.1, -0.05) is 6.07 Å². The third-order valence-electron chi connectivity index (χ3n) is 3.56. The summed E-state index contributed by atoms with van der Waals surface area (Å²) in [5.41, 5.74) is 1.52. The molecular formula is C18H17N5OS. The van der Waals surface area contributed by atoms with Crippen molar-refractivity contribution < 1.29 is 4.79 Å². The summed E-state index contributed by atoms with van der Waals surface area (Å²) in [6, 6.07) is 11.5. The predicted molar refractivity (Wildman–Crippen MR) is 97.2 cm³/mol. The van der Waals surface area contributed by atoms with Gasteiger partial charge in [0.2, 0.25) is 0 Å². The molecule has 1 amide bonds. The van der Waals surface area contributed by atoms with Crippen molar-refractivity contribution >= 4 is 22.9 Å². The molecule has 6 nitrogen and oxygen atoms in total. The van der Waals surface area contributed by atoms with E-state index in [1.165, 1.54) is 11.3 Å². The van der Waals surface area contributed by atoms with Crippen molar-refractivity contribution in [3.05, 3.63) is 53.8 Å². The average Bonchev–Trinajstić information content (AvgIpc) is 3.29. The molecule has 0 spiro atoms. The van der Waals surface area contributed by atoms with Crippen molar-refractivity contribution in [2.24, 2.45) is 0 Å². The van der Waals surface area contributed by atoms with Crippen LogP contribution in [0.4, 0.5) is 5.69 Å². The molecule has 0 aliphatic heterocycles. The minimum atomic E-state index is -0.156. The second kappa shape index (κ2) is 8.22. The molecule has 0 unspecified atom stereocenters. The Morgan fingerprint density at radius 2 is 2.20 bits per heavy atom. The van der Waals surface area contributed by atoms with Gasteiger partial charge in [-0.3, -0.25) is 14.5 Å². The number of nitrogens with zero attached hydrogens (tertiary/aromatic N) is 4. The molecule has 7 heteroatoms. The van der Waals surface area contributed by atoms with Crippen LogP contribution >= 0.6 is 11.3 Å². The molecule has 3 rings (SSSR count). The number of carbonyl (C=O) groups is 1. The van der Waals surface area contributed by atoms with Crippen LogP contribution in [0.15, 0.2) is 48.9 Å². The van der Waals surface area contributed by atoms with Crippen LogP contribution < -0.4 is 5.32 Å². The molecule has 0 saturated carbocycles. The lowest BCUT2D eigenvalue weighted by Gasteiger charge is -2.00. The minimum absolute atomic E-state index is 0.156. The van der Waals surface area contributed by atoms with E-state index in [2.05, 4.69) is 21.5 Å². The molecule has 25 heavy (non-hydrogen) atoms. The van der Waals surface area contributed by atoms with E-state index in [0.29, 0.717) is 17.0 Å². The van der Waals surface area contributed by atoms with Crippen molar-refractivity contribution in [3.63, 3.8) is 0 Å². The molecule has 3 aromatic rings. The summed E-state index contributed by atoms with van der Waals surface area (Å²) in [5, 5.41) is 15.6. The zero-order valence-corrected chi connectivity index (χ0v) is 14.4. The number of hydrogen-bond donors (Lipinski definition) is 1. The van der Waals surface area contributed by atoms with E-state index in [4.69, 9.17) is 5.26 Å². The molecule has 0 aliphatic rings. The number of aryl methyl sites for hydroxylation is 1. The Morgan fingerprint density at radius 1 is 1.28 bits per heavy atom. The maximum absolute atomic E-state index is 12.4. The van der Waals surface area contributed by atoms with Crippen LogP contribution in [0.25, 0.3) is 10.6 Å². The number of carbonyl (C=O) groups excluding carboxylic acids is 1. The Kier molecular flexibility index (Phi) is 5.54. The molecule has 0 saturated heterocycles. The monoisotopic (exact) mass is 351 g/mol. The summed E-state index contributed by atoms with van der Waals surface area (Å²) < 4.78 is 1.78. The molecule has 126 valence electrons. The van der Waals surface area contributed by atoms with Crippen molar-refractivity contribution in [3.8, 4) is 16.6 Å². The summed E-state index contributed by atoms with van der Waals surface area (Å²) >= 11 is 1.41. The fourth-order valence-electron chi connectivity index (χ4n) is 2.33. The van der Waals surface area contributed by atoms with Gasteiger partial charge >= 0.3 is 0 Å². The van der Waals surface area contributed by atoms with Gasteiger partial charge in [0.15, 0.2) is 0 Å². The van der Waals surface area contributed by atoms with E-state index < -0.39 is 0 Å². The second-order valence-electron chi connectivity index (χ2n) is 5.44. The summed E-state index contributed by atoms with van der Waals surface area (Å²) in [5.74, 6) is -0.156. The van der Waals surface area contributed by atoms with Gasteiger partial charge in [-0.15, -0.1) is 11.3 Å². The quantitative estimate of drug-likeness (QED) is 0.653. The highest BCUT2D eigenvalue weighted by molar-refractivity contribution is 7.17. The molecule has 3 aromatic heterocycles. The fraction of sp³-hybridized carbons (Fsp3) is 0.222. The maximum atomic E-state index is 12.4. The molecule has 3 heterocycles. The van der Waals surface area contributed by atoms with Crippen molar-refractivity contribution in [2.45, 2.75) is 25.8 Å². The number of hydrogen-bond acceptors (Lipinski definition) is 5. The number of nitriles is 1. The second-order valence-corrected chi connectivity index (χ2v) is 6.52. The largest absolute Gasteiger partial charge is 0.319 e. The van der Waals surface area contributed by atoms with Gasteiger partial charge in [0.05, 0.1) is 33.4 Å². The van der Waals surface area contributed by atoms with Crippen molar-refractivity contribution in [1.82, 2.24) is 14.8 Å². The molecule has 0 fully saturated rings.